The van der Waals surface area contributed by atoms with Gasteiger partial charge in [0.25, 0.3) is 0 Å². The van der Waals surface area contributed by atoms with Crippen LogP contribution in [0.15, 0.2) is 54.6 Å². The Balaban J connectivity index is 1.96. The quantitative estimate of drug-likeness (QED) is 0.305. The van der Waals surface area contributed by atoms with E-state index in [1.165, 1.54) is 0 Å². The van der Waals surface area contributed by atoms with Crippen molar-refractivity contribution in [1.82, 2.24) is 0 Å². The third-order valence-electron chi connectivity index (χ3n) is 6.18. The zero-order valence-corrected chi connectivity index (χ0v) is 13.6. The van der Waals surface area contributed by atoms with Gasteiger partial charge in [0.2, 0.25) is 5.79 Å². The predicted molar refractivity (Wildman–Crippen MR) is 99.9 cm³/mol. The Bertz CT molecular complexity index is 1500. The molecule has 2 unspecified atom stereocenters. The number of rotatable bonds is 0. The summed E-state index contributed by atoms with van der Waals surface area (Å²) >= 11 is 0. The van der Waals surface area contributed by atoms with Gasteiger partial charge in [0.15, 0.2) is 0 Å². The van der Waals surface area contributed by atoms with E-state index in [1.807, 2.05) is 24.3 Å². The molecule has 0 aromatic heterocycles. The molecule has 4 aromatic carbocycles. The Kier molecular flexibility index (Phi) is 1.92. The minimum absolute atomic E-state index is 0.422. The first kappa shape index (κ1) is 13.1. The van der Waals surface area contributed by atoms with Gasteiger partial charge < -0.3 is 9.84 Å². The van der Waals surface area contributed by atoms with Crippen LogP contribution >= 0.6 is 0 Å². The molecule has 0 bridgehead atoms. The van der Waals surface area contributed by atoms with E-state index >= 15 is 0 Å². The number of hydrogen-bond acceptors (Lipinski definition) is 3. The van der Waals surface area contributed by atoms with Crippen LogP contribution in [0.5, 0.6) is 0 Å². The fraction of sp³-hybridized carbons (Fsp3) is 0.0870. The second-order valence-corrected chi connectivity index (χ2v) is 7.44. The first-order valence-electron chi connectivity index (χ1n) is 8.76. The summed E-state index contributed by atoms with van der Waals surface area (Å²) in [5.74, 6) is -2.51. The molecule has 2 aliphatic carbocycles. The zero-order chi connectivity index (χ0) is 17.2. The van der Waals surface area contributed by atoms with Crippen LogP contribution in [-0.4, -0.2) is 16.9 Å². The van der Waals surface area contributed by atoms with Gasteiger partial charge in [-0.25, -0.2) is 4.79 Å². The van der Waals surface area contributed by atoms with E-state index in [0.29, 0.717) is 5.57 Å². The normalized spacial score (nSPS) is 24.7. The maximum Gasteiger partial charge on any atom is 0.338 e. The van der Waals surface area contributed by atoms with Crippen LogP contribution in [0.4, 0.5) is 0 Å². The van der Waals surface area contributed by atoms with Crippen molar-refractivity contribution < 1.29 is 14.6 Å². The van der Waals surface area contributed by atoms with Gasteiger partial charge in [-0.05, 0) is 60.5 Å². The van der Waals surface area contributed by atoms with Gasteiger partial charge in [-0.2, -0.15) is 0 Å². The maximum absolute atomic E-state index is 12.8. The molecular weight excluding hydrogens is 324 g/mol. The molecule has 3 nitrogen and oxygen atoms in total. The van der Waals surface area contributed by atoms with Crippen LogP contribution in [-0.2, 0) is 9.53 Å². The lowest BCUT2D eigenvalue weighted by atomic mass is 9.72. The molecule has 4 aromatic rings. The average molecular weight is 336 g/mol. The van der Waals surface area contributed by atoms with Gasteiger partial charge in [-0.1, -0.05) is 48.5 Å². The first-order chi connectivity index (χ1) is 12.7. The second kappa shape index (κ2) is 3.81. The molecule has 1 saturated heterocycles. The van der Waals surface area contributed by atoms with Crippen LogP contribution in [0.1, 0.15) is 11.5 Å². The standard InChI is InChI=1S/C23H12O3/c24-22-19-15-6-2-3-11-7-8-13-9-12-4-1-5-14-10-23(25,26-22)21(19)20(16(12)14)18(13)17(11)15/h1-10,21,25H. The summed E-state index contributed by atoms with van der Waals surface area (Å²) in [5.41, 5.74) is 1.61. The van der Waals surface area contributed by atoms with Crippen LogP contribution in [0, 0.1) is 0 Å². The molecule has 0 spiro atoms. The predicted octanol–water partition coefficient (Wildman–Crippen LogP) is 2.43. The fourth-order valence-electron chi connectivity index (χ4n) is 5.29. The summed E-state index contributed by atoms with van der Waals surface area (Å²) in [6.07, 6.45) is 1.71. The van der Waals surface area contributed by atoms with Crippen molar-refractivity contribution in [1.29, 1.82) is 0 Å². The molecule has 1 N–H and O–H groups in total. The summed E-state index contributed by atoms with van der Waals surface area (Å²) in [6.45, 7) is 0. The summed E-state index contributed by atoms with van der Waals surface area (Å²) in [5, 5.41) is 19.8. The third-order valence-corrected chi connectivity index (χ3v) is 6.18. The topological polar surface area (TPSA) is 46.5 Å². The smallest absolute Gasteiger partial charge is 0.338 e. The molecule has 0 radical (unpaired) electrons. The van der Waals surface area contributed by atoms with Crippen molar-refractivity contribution in [2.24, 2.45) is 0 Å². The molecular formula is C23H12O3. The van der Waals surface area contributed by atoms with Gasteiger partial charge in [0.05, 0.1) is 11.5 Å². The molecule has 0 saturated carbocycles. The van der Waals surface area contributed by atoms with Crippen LogP contribution < -0.4 is 10.4 Å². The maximum atomic E-state index is 12.8. The highest BCUT2D eigenvalue weighted by molar-refractivity contribution is 6.26. The highest BCUT2D eigenvalue weighted by atomic mass is 16.7. The van der Waals surface area contributed by atoms with Gasteiger partial charge in [-0.15, -0.1) is 0 Å². The average Bonchev–Trinajstić information content (AvgIpc) is 2.91. The molecule has 122 valence electrons. The van der Waals surface area contributed by atoms with Crippen molar-refractivity contribution in [2.75, 3.05) is 0 Å². The van der Waals surface area contributed by atoms with E-state index in [4.69, 9.17) is 4.74 Å². The van der Waals surface area contributed by atoms with Crippen molar-refractivity contribution >= 4 is 49.9 Å². The van der Waals surface area contributed by atoms with Gasteiger partial charge in [0, 0.05) is 0 Å². The number of carbonyl (C=O) groups is 1. The van der Waals surface area contributed by atoms with E-state index in [1.54, 1.807) is 6.08 Å². The lowest BCUT2D eigenvalue weighted by Crippen LogP contribution is -2.38. The fourth-order valence-corrected chi connectivity index (χ4v) is 5.29. The highest BCUT2D eigenvalue weighted by Gasteiger charge is 2.55. The largest absolute Gasteiger partial charge is 0.425 e. The number of carbonyl (C=O) groups excluding carboxylic acids is 1. The molecule has 1 heterocycles. The van der Waals surface area contributed by atoms with E-state index < -0.39 is 17.7 Å². The molecule has 2 atom stereocenters. The SMILES string of the molecule is O=C1OC2(O)C=c3cccc4cc5ccc6cccc7c6c5c(c34)C2C=71. The summed E-state index contributed by atoms with van der Waals surface area (Å²) < 4.78 is 5.54. The van der Waals surface area contributed by atoms with E-state index in [0.717, 1.165) is 48.3 Å². The Morgan fingerprint density at radius 3 is 2.58 bits per heavy atom. The van der Waals surface area contributed by atoms with Crippen LogP contribution in [0.2, 0.25) is 0 Å². The summed E-state index contributed by atoms with van der Waals surface area (Å²) in [4.78, 5) is 12.8. The van der Waals surface area contributed by atoms with E-state index in [-0.39, 0.29) is 0 Å². The van der Waals surface area contributed by atoms with Crippen LogP contribution in [0.3, 0.4) is 0 Å². The molecule has 1 aliphatic heterocycles. The lowest BCUT2D eigenvalue weighted by molar-refractivity contribution is -0.168. The Hall–Kier alpha value is -3.17. The Labute approximate surface area is 147 Å². The van der Waals surface area contributed by atoms with Crippen molar-refractivity contribution in [3.05, 3.63) is 70.6 Å². The van der Waals surface area contributed by atoms with Gasteiger partial charge >= 0.3 is 5.97 Å². The van der Waals surface area contributed by atoms with Crippen molar-refractivity contribution in [3.8, 4) is 0 Å². The molecule has 3 aliphatic rings. The van der Waals surface area contributed by atoms with E-state index in [9.17, 15) is 9.90 Å². The number of ether oxygens (including phenoxy) is 1. The number of esters is 1. The minimum atomic E-state index is -1.61. The Morgan fingerprint density at radius 2 is 1.65 bits per heavy atom. The minimum Gasteiger partial charge on any atom is -0.425 e. The third kappa shape index (κ3) is 1.22. The zero-order valence-electron chi connectivity index (χ0n) is 13.6. The molecule has 7 rings (SSSR count). The van der Waals surface area contributed by atoms with Gasteiger partial charge in [-0.3, -0.25) is 0 Å². The second-order valence-electron chi connectivity index (χ2n) is 7.44. The molecule has 3 heteroatoms. The number of aliphatic hydroxyl groups is 1. The van der Waals surface area contributed by atoms with E-state index in [2.05, 4.69) is 30.3 Å². The summed E-state index contributed by atoms with van der Waals surface area (Å²) in [7, 11) is 0. The number of benzene rings is 4. The highest BCUT2D eigenvalue weighted by Crippen LogP contribution is 2.52. The monoisotopic (exact) mass is 336 g/mol. The first-order valence-corrected chi connectivity index (χ1v) is 8.76. The number of hydrogen-bond donors (Lipinski definition) is 1. The summed E-state index contributed by atoms with van der Waals surface area (Å²) in [6, 6.07) is 18.5. The van der Waals surface area contributed by atoms with Crippen molar-refractivity contribution in [3.63, 3.8) is 0 Å². The molecule has 0 amide bonds. The molecule has 1 fully saturated rings. The van der Waals surface area contributed by atoms with Crippen molar-refractivity contribution in [2.45, 2.75) is 11.7 Å². The van der Waals surface area contributed by atoms with Crippen LogP contribution in [0.25, 0.3) is 44.0 Å². The Morgan fingerprint density at radius 1 is 0.885 bits per heavy atom. The molecule has 26 heavy (non-hydrogen) atoms. The van der Waals surface area contributed by atoms with Gasteiger partial charge in [0.1, 0.15) is 0 Å². The lowest BCUT2D eigenvalue weighted by Gasteiger charge is -2.32.